The number of ketones is 1. The van der Waals surface area contributed by atoms with Gasteiger partial charge in [-0.25, -0.2) is 0 Å². The van der Waals surface area contributed by atoms with Crippen LogP contribution in [0, 0.1) is 0 Å². The van der Waals surface area contributed by atoms with Gasteiger partial charge in [-0.1, -0.05) is 0 Å². The third kappa shape index (κ3) is 1.23. The monoisotopic (exact) mass is 138 g/mol. The zero-order valence-electron chi connectivity index (χ0n) is 6.11. The second-order valence-electron chi connectivity index (χ2n) is 2.27. The molecule has 54 valence electrons. The van der Waals surface area contributed by atoms with Gasteiger partial charge in [-0.2, -0.15) is 5.10 Å². The van der Waals surface area contributed by atoms with Crippen molar-refractivity contribution in [3.05, 3.63) is 18.5 Å². The molecule has 10 heavy (non-hydrogen) atoms. The summed E-state index contributed by atoms with van der Waals surface area (Å²) in [6.07, 6.45) is 3.45. The molecule has 0 radical (unpaired) electrons. The van der Waals surface area contributed by atoms with Gasteiger partial charge in [-0.15, -0.1) is 0 Å². The fourth-order valence-corrected chi connectivity index (χ4v) is 0.696. The highest BCUT2D eigenvalue weighted by molar-refractivity contribution is 5.79. The zero-order valence-corrected chi connectivity index (χ0v) is 6.11. The molecule has 1 heterocycles. The van der Waals surface area contributed by atoms with Crippen LogP contribution in [0.25, 0.3) is 0 Å². The van der Waals surface area contributed by atoms with Gasteiger partial charge in [0.05, 0.1) is 0 Å². The summed E-state index contributed by atoms with van der Waals surface area (Å²) < 4.78 is 1.64. The Hall–Kier alpha value is -1.12. The molecule has 1 rings (SSSR count). The molecule has 0 saturated carbocycles. The van der Waals surface area contributed by atoms with Crippen LogP contribution in [0.3, 0.4) is 0 Å². The molecule has 1 unspecified atom stereocenters. The van der Waals surface area contributed by atoms with E-state index < -0.39 is 0 Å². The Morgan fingerprint density at radius 1 is 1.70 bits per heavy atom. The van der Waals surface area contributed by atoms with Gasteiger partial charge >= 0.3 is 0 Å². The molecule has 0 aliphatic rings. The summed E-state index contributed by atoms with van der Waals surface area (Å²) in [7, 11) is 0. The van der Waals surface area contributed by atoms with Crippen LogP contribution in [-0.4, -0.2) is 15.6 Å². The Balaban J connectivity index is 2.77. The highest BCUT2D eigenvalue weighted by Gasteiger charge is 2.07. The Bertz CT molecular complexity index is 216. The van der Waals surface area contributed by atoms with E-state index in [9.17, 15) is 4.79 Å². The fourth-order valence-electron chi connectivity index (χ4n) is 0.696. The average molecular weight is 138 g/mol. The molecular weight excluding hydrogens is 128 g/mol. The first kappa shape index (κ1) is 6.99. The van der Waals surface area contributed by atoms with E-state index in [4.69, 9.17) is 0 Å². The Morgan fingerprint density at radius 2 is 2.40 bits per heavy atom. The lowest BCUT2D eigenvalue weighted by Gasteiger charge is -2.05. The molecule has 0 spiro atoms. The molecule has 0 amide bonds. The van der Waals surface area contributed by atoms with Crippen molar-refractivity contribution in [2.24, 2.45) is 0 Å². The Labute approximate surface area is 59.7 Å². The minimum atomic E-state index is -0.130. The highest BCUT2D eigenvalue weighted by atomic mass is 16.1. The van der Waals surface area contributed by atoms with E-state index in [1.54, 1.807) is 30.1 Å². The lowest BCUT2D eigenvalue weighted by atomic mass is 10.2. The maximum absolute atomic E-state index is 10.8. The molecule has 0 fully saturated rings. The summed E-state index contributed by atoms with van der Waals surface area (Å²) in [4.78, 5) is 10.8. The van der Waals surface area contributed by atoms with Crippen molar-refractivity contribution in [2.45, 2.75) is 19.9 Å². The molecule has 0 aromatic carbocycles. The van der Waals surface area contributed by atoms with Crippen LogP contribution in [-0.2, 0) is 4.79 Å². The largest absolute Gasteiger partial charge is 0.298 e. The smallest absolute Gasteiger partial charge is 0.154 e. The van der Waals surface area contributed by atoms with E-state index in [1.165, 1.54) is 0 Å². The molecule has 0 aliphatic carbocycles. The normalized spacial score (nSPS) is 13.0. The average Bonchev–Trinajstić information content (AvgIpc) is 2.36. The SMILES string of the molecule is CC(=O)C(C)n1cccn1. The van der Waals surface area contributed by atoms with E-state index in [0.29, 0.717) is 0 Å². The van der Waals surface area contributed by atoms with Gasteiger partial charge in [-0.3, -0.25) is 9.48 Å². The third-order valence-electron chi connectivity index (χ3n) is 1.51. The van der Waals surface area contributed by atoms with Gasteiger partial charge in [0, 0.05) is 12.4 Å². The molecule has 1 aromatic rings. The van der Waals surface area contributed by atoms with Crippen LogP contribution >= 0.6 is 0 Å². The van der Waals surface area contributed by atoms with Gasteiger partial charge in [0.25, 0.3) is 0 Å². The molecule has 0 aliphatic heterocycles. The number of nitrogens with zero attached hydrogens (tertiary/aromatic N) is 2. The lowest BCUT2D eigenvalue weighted by molar-refractivity contribution is -0.119. The molecular formula is C7H10N2O. The molecule has 0 N–H and O–H groups in total. The maximum atomic E-state index is 10.8. The van der Waals surface area contributed by atoms with E-state index in [-0.39, 0.29) is 11.8 Å². The molecule has 1 aromatic heterocycles. The van der Waals surface area contributed by atoms with Gasteiger partial charge in [0.15, 0.2) is 5.78 Å². The van der Waals surface area contributed by atoms with Crippen LogP contribution in [0.2, 0.25) is 0 Å². The van der Waals surface area contributed by atoms with Crippen LogP contribution in [0.4, 0.5) is 0 Å². The van der Waals surface area contributed by atoms with E-state index in [2.05, 4.69) is 5.10 Å². The maximum Gasteiger partial charge on any atom is 0.154 e. The number of carbonyl (C=O) groups excluding carboxylic acids is 1. The first-order chi connectivity index (χ1) is 4.72. The molecule has 3 heteroatoms. The molecule has 1 atom stereocenters. The summed E-state index contributed by atoms with van der Waals surface area (Å²) in [5.74, 6) is 0.128. The number of hydrogen-bond donors (Lipinski definition) is 0. The standard InChI is InChI=1S/C7H10N2O/c1-6(7(2)10)9-5-3-4-8-9/h3-6H,1-2H3. The van der Waals surface area contributed by atoms with Gasteiger partial charge < -0.3 is 0 Å². The summed E-state index contributed by atoms with van der Waals surface area (Å²) >= 11 is 0. The summed E-state index contributed by atoms with van der Waals surface area (Å²) in [5, 5.41) is 3.93. The van der Waals surface area contributed by atoms with Gasteiger partial charge in [0.2, 0.25) is 0 Å². The van der Waals surface area contributed by atoms with E-state index in [1.807, 2.05) is 6.92 Å². The first-order valence-electron chi connectivity index (χ1n) is 3.21. The molecule has 0 bridgehead atoms. The molecule has 3 nitrogen and oxygen atoms in total. The van der Waals surface area contributed by atoms with Crippen molar-refractivity contribution in [1.29, 1.82) is 0 Å². The Morgan fingerprint density at radius 3 is 2.80 bits per heavy atom. The summed E-state index contributed by atoms with van der Waals surface area (Å²) in [5.41, 5.74) is 0. The highest BCUT2D eigenvalue weighted by Crippen LogP contribution is 2.02. The number of carbonyl (C=O) groups is 1. The summed E-state index contributed by atoms with van der Waals surface area (Å²) in [6.45, 7) is 3.39. The number of aromatic nitrogens is 2. The van der Waals surface area contributed by atoms with Crippen LogP contribution < -0.4 is 0 Å². The Kier molecular flexibility index (Phi) is 1.85. The van der Waals surface area contributed by atoms with Crippen LogP contribution in [0.5, 0.6) is 0 Å². The number of Topliss-reactive ketones (excluding diaryl/α,β-unsaturated/α-hetero) is 1. The minimum absolute atomic E-state index is 0.128. The van der Waals surface area contributed by atoms with Crippen LogP contribution in [0.15, 0.2) is 18.5 Å². The number of rotatable bonds is 2. The van der Waals surface area contributed by atoms with Crippen LogP contribution in [0.1, 0.15) is 19.9 Å². The van der Waals surface area contributed by atoms with Gasteiger partial charge in [-0.05, 0) is 19.9 Å². The first-order valence-corrected chi connectivity index (χ1v) is 3.21. The second kappa shape index (κ2) is 2.64. The zero-order chi connectivity index (χ0) is 7.56. The lowest BCUT2D eigenvalue weighted by Crippen LogP contribution is -2.13. The van der Waals surface area contributed by atoms with E-state index in [0.717, 1.165) is 0 Å². The van der Waals surface area contributed by atoms with Crippen molar-refractivity contribution < 1.29 is 4.79 Å². The minimum Gasteiger partial charge on any atom is -0.298 e. The topological polar surface area (TPSA) is 34.9 Å². The quantitative estimate of drug-likeness (QED) is 0.611. The van der Waals surface area contributed by atoms with Crippen molar-refractivity contribution in [1.82, 2.24) is 9.78 Å². The summed E-state index contributed by atoms with van der Waals surface area (Å²) in [6, 6.07) is 1.68. The van der Waals surface area contributed by atoms with Gasteiger partial charge in [0.1, 0.15) is 6.04 Å². The predicted octanol–water partition coefficient (Wildman–Crippen LogP) is 1.03. The number of hydrogen-bond acceptors (Lipinski definition) is 2. The van der Waals surface area contributed by atoms with Crippen molar-refractivity contribution in [3.8, 4) is 0 Å². The van der Waals surface area contributed by atoms with Crippen molar-refractivity contribution >= 4 is 5.78 Å². The van der Waals surface area contributed by atoms with Crippen molar-refractivity contribution in [2.75, 3.05) is 0 Å². The second-order valence-corrected chi connectivity index (χ2v) is 2.27. The third-order valence-corrected chi connectivity index (χ3v) is 1.51. The predicted molar refractivity (Wildman–Crippen MR) is 37.6 cm³/mol. The van der Waals surface area contributed by atoms with E-state index >= 15 is 0 Å². The fraction of sp³-hybridized carbons (Fsp3) is 0.429. The molecule has 0 saturated heterocycles. The van der Waals surface area contributed by atoms with Crippen molar-refractivity contribution in [3.63, 3.8) is 0 Å².